The molecule has 0 saturated carbocycles. The molecule has 26 heavy (non-hydrogen) atoms. The van der Waals surface area contributed by atoms with Crippen LogP contribution in [-0.4, -0.2) is 18.0 Å². The number of hydrogen-bond donors (Lipinski definition) is 1. The third kappa shape index (κ3) is 4.40. The SMILES string of the molecule is COc1ccccc1C(C)NC(=O)c1ccc(OCc2cscn2)cc1. The molecule has 0 spiro atoms. The van der Waals surface area contributed by atoms with Crippen LogP contribution < -0.4 is 14.8 Å². The van der Waals surface area contributed by atoms with E-state index < -0.39 is 0 Å². The molecule has 134 valence electrons. The first-order valence-electron chi connectivity index (χ1n) is 8.21. The van der Waals surface area contributed by atoms with Crippen molar-refractivity contribution in [1.29, 1.82) is 0 Å². The van der Waals surface area contributed by atoms with Gasteiger partial charge in [0.15, 0.2) is 0 Å². The van der Waals surface area contributed by atoms with Crippen LogP contribution >= 0.6 is 11.3 Å². The van der Waals surface area contributed by atoms with E-state index in [0.29, 0.717) is 17.9 Å². The molecule has 6 heteroatoms. The molecule has 3 aromatic rings. The quantitative estimate of drug-likeness (QED) is 0.678. The predicted molar refractivity (Wildman–Crippen MR) is 102 cm³/mol. The average Bonchev–Trinajstić information content (AvgIpc) is 3.20. The molecule has 0 bridgehead atoms. The van der Waals surface area contributed by atoms with Crippen molar-refractivity contribution in [3.63, 3.8) is 0 Å². The van der Waals surface area contributed by atoms with E-state index >= 15 is 0 Å². The molecular formula is C20H20N2O3S. The highest BCUT2D eigenvalue weighted by molar-refractivity contribution is 7.07. The number of rotatable bonds is 7. The Kier molecular flexibility index (Phi) is 5.86. The Bertz CT molecular complexity index is 848. The van der Waals surface area contributed by atoms with Crippen LogP contribution in [0.25, 0.3) is 0 Å². The van der Waals surface area contributed by atoms with Crippen LogP contribution in [0.15, 0.2) is 59.4 Å². The summed E-state index contributed by atoms with van der Waals surface area (Å²) in [7, 11) is 1.62. The molecule has 0 aliphatic carbocycles. The largest absolute Gasteiger partial charge is 0.496 e. The summed E-state index contributed by atoms with van der Waals surface area (Å²) in [5.41, 5.74) is 4.18. The molecule has 2 aromatic carbocycles. The second-order valence-corrected chi connectivity index (χ2v) is 6.45. The van der Waals surface area contributed by atoms with Gasteiger partial charge in [0.2, 0.25) is 0 Å². The smallest absolute Gasteiger partial charge is 0.251 e. The zero-order chi connectivity index (χ0) is 18.4. The van der Waals surface area contributed by atoms with Gasteiger partial charge in [0, 0.05) is 16.5 Å². The summed E-state index contributed by atoms with van der Waals surface area (Å²) in [6.45, 7) is 2.35. The van der Waals surface area contributed by atoms with Gasteiger partial charge in [-0.25, -0.2) is 4.98 Å². The van der Waals surface area contributed by atoms with E-state index in [1.165, 1.54) is 11.3 Å². The number of thiazole rings is 1. The minimum Gasteiger partial charge on any atom is -0.496 e. The van der Waals surface area contributed by atoms with Crippen LogP contribution in [-0.2, 0) is 6.61 Å². The normalized spacial score (nSPS) is 11.6. The van der Waals surface area contributed by atoms with Gasteiger partial charge >= 0.3 is 0 Å². The molecular weight excluding hydrogens is 348 g/mol. The van der Waals surface area contributed by atoms with E-state index in [2.05, 4.69) is 10.3 Å². The molecule has 1 heterocycles. The van der Waals surface area contributed by atoms with E-state index in [-0.39, 0.29) is 11.9 Å². The van der Waals surface area contributed by atoms with Crippen molar-refractivity contribution < 1.29 is 14.3 Å². The number of carbonyl (C=O) groups is 1. The van der Waals surface area contributed by atoms with Crippen LogP contribution in [0, 0.1) is 0 Å². The Morgan fingerprint density at radius 1 is 1.19 bits per heavy atom. The summed E-state index contributed by atoms with van der Waals surface area (Å²) in [4.78, 5) is 16.7. The molecule has 3 rings (SSSR count). The number of methoxy groups -OCH3 is 1. The first-order chi connectivity index (χ1) is 12.7. The molecule has 1 unspecified atom stereocenters. The molecule has 5 nitrogen and oxygen atoms in total. The van der Waals surface area contributed by atoms with Crippen molar-refractivity contribution in [2.24, 2.45) is 0 Å². The molecule has 1 atom stereocenters. The molecule has 0 fully saturated rings. The fraction of sp³-hybridized carbons (Fsp3) is 0.200. The second-order valence-electron chi connectivity index (χ2n) is 5.73. The topological polar surface area (TPSA) is 60.5 Å². The Balaban J connectivity index is 1.60. The minimum absolute atomic E-state index is 0.144. The molecule has 0 radical (unpaired) electrons. The standard InChI is InChI=1S/C20H20N2O3S/c1-14(18-5-3-4-6-19(18)24-2)22-20(23)15-7-9-17(10-8-15)25-11-16-12-26-13-21-16/h3-10,12-14H,11H2,1-2H3,(H,22,23). The van der Waals surface area contributed by atoms with Crippen molar-refractivity contribution in [2.45, 2.75) is 19.6 Å². The number of carbonyl (C=O) groups excluding carboxylic acids is 1. The highest BCUT2D eigenvalue weighted by Crippen LogP contribution is 2.24. The van der Waals surface area contributed by atoms with Gasteiger partial charge in [0.1, 0.15) is 18.1 Å². The lowest BCUT2D eigenvalue weighted by molar-refractivity contribution is 0.0939. The number of ether oxygens (including phenoxy) is 2. The van der Waals surface area contributed by atoms with Crippen molar-refractivity contribution in [1.82, 2.24) is 10.3 Å². The number of benzene rings is 2. The van der Waals surface area contributed by atoms with Gasteiger partial charge in [-0.2, -0.15) is 0 Å². The lowest BCUT2D eigenvalue weighted by Crippen LogP contribution is -2.26. The number of nitrogens with one attached hydrogen (secondary N) is 1. The van der Waals surface area contributed by atoms with Gasteiger partial charge in [-0.05, 0) is 37.3 Å². The lowest BCUT2D eigenvalue weighted by atomic mass is 10.1. The van der Waals surface area contributed by atoms with Crippen molar-refractivity contribution in [3.05, 3.63) is 76.2 Å². The summed E-state index contributed by atoms with van der Waals surface area (Å²) in [5, 5.41) is 4.94. The number of hydrogen-bond acceptors (Lipinski definition) is 5. The molecule has 1 aromatic heterocycles. The number of aromatic nitrogens is 1. The third-order valence-electron chi connectivity index (χ3n) is 3.94. The zero-order valence-electron chi connectivity index (χ0n) is 14.6. The van der Waals surface area contributed by atoms with Gasteiger partial charge in [0.05, 0.1) is 24.4 Å². The van der Waals surface area contributed by atoms with Crippen LogP contribution in [0.5, 0.6) is 11.5 Å². The van der Waals surface area contributed by atoms with Crippen molar-refractivity contribution in [3.8, 4) is 11.5 Å². The van der Waals surface area contributed by atoms with Crippen LogP contribution in [0.4, 0.5) is 0 Å². The van der Waals surface area contributed by atoms with Gasteiger partial charge in [-0.3, -0.25) is 4.79 Å². The lowest BCUT2D eigenvalue weighted by Gasteiger charge is -2.17. The highest BCUT2D eigenvalue weighted by atomic mass is 32.1. The Morgan fingerprint density at radius 3 is 2.65 bits per heavy atom. The van der Waals surface area contributed by atoms with E-state index in [1.807, 2.05) is 36.6 Å². The summed E-state index contributed by atoms with van der Waals surface area (Å²) < 4.78 is 11.0. The zero-order valence-corrected chi connectivity index (χ0v) is 15.5. The monoisotopic (exact) mass is 368 g/mol. The van der Waals surface area contributed by atoms with Crippen LogP contribution in [0.1, 0.15) is 34.6 Å². The summed E-state index contributed by atoms with van der Waals surface area (Å²) >= 11 is 1.53. The fourth-order valence-corrected chi connectivity index (χ4v) is 3.09. The number of para-hydroxylation sites is 1. The van der Waals surface area contributed by atoms with Gasteiger partial charge in [0.25, 0.3) is 5.91 Å². The van der Waals surface area contributed by atoms with E-state index in [0.717, 1.165) is 17.0 Å². The van der Waals surface area contributed by atoms with E-state index in [1.54, 1.807) is 36.9 Å². The first-order valence-corrected chi connectivity index (χ1v) is 9.15. The van der Waals surface area contributed by atoms with Gasteiger partial charge < -0.3 is 14.8 Å². The predicted octanol–water partition coefficient (Wildman–Crippen LogP) is 4.22. The maximum absolute atomic E-state index is 12.5. The fourth-order valence-electron chi connectivity index (χ4n) is 2.55. The summed E-state index contributed by atoms with van der Waals surface area (Å²) in [6.07, 6.45) is 0. The maximum Gasteiger partial charge on any atom is 0.251 e. The summed E-state index contributed by atoms with van der Waals surface area (Å²) in [5.74, 6) is 1.31. The Labute approximate surface area is 156 Å². The number of amides is 1. The molecule has 1 amide bonds. The van der Waals surface area contributed by atoms with Gasteiger partial charge in [-0.1, -0.05) is 18.2 Å². The Morgan fingerprint density at radius 2 is 1.96 bits per heavy atom. The number of nitrogens with zero attached hydrogens (tertiary/aromatic N) is 1. The molecule has 1 N–H and O–H groups in total. The second kappa shape index (κ2) is 8.49. The van der Waals surface area contributed by atoms with Crippen LogP contribution in [0.3, 0.4) is 0 Å². The maximum atomic E-state index is 12.5. The van der Waals surface area contributed by atoms with Crippen molar-refractivity contribution in [2.75, 3.05) is 7.11 Å². The van der Waals surface area contributed by atoms with E-state index in [4.69, 9.17) is 9.47 Å². The van der Waals surface area contributed by atoms with Gasteiger partial charge in [-0.15, -0.1) is 11.3 Å². The van der Waals surface area contributed by atoms with E-state index in [9.17, 15) is 4.79 Å². The average molecular weight is 368 g/mol. The molecule has 0 saturated heterocycles. The molecule has 0 aliphatic heterocycles. The van der Waals surface area contributed by atoms with Crippen molar-refractivity contribution >= 4 is 17.2 Å². The summed E-state index contributed by atoms with van der Waals surface area (Å²) in [6, 6.07) is 14.6. The van der Waals surface area contributed by atoms with Crippen LogP contribution in [0.2, 0.25) is 0 Å². The Hall–Kier alpha value is -2.86. The first kappa shape index (κ1) is 17.9. The molecule has 0 aliphatic rings. The third-order valence-corrected chi connectivity index (χ3v) is 4.58. The highest BCUT2D eigenvalue weighted by Gasteiger charge is 2.14. The minimum atomic E-state index is -0.167.